The van der Waals surface area contributed by atoms with E-state index in [-0.39, 0.29) is 0 Å². The summed E-state index contributed by atoms with van der Waals surface area (Å²) < 4.78 is 4.09. The zero-order valence-electron chi connectivity index (χ0n) is 3.26. The van der Waals surface area contributed by atoms with Gasteiger partial charge in [-0.3, -0.25) is 0 Å². The van der Waals surface area contributed by atoms with Crippen molar-refractivity contribution in [3.63, 3.8) is 0 Å². The normalized spacial score (nSPS) is 8.00. The predicted molar refractivity (Wildman–Crippen MR) is 22.2 cm³/mol. The summed E-state index contributed by atoms with van der Waals surface area (Å²) in [6.07, 6.45) is -1.15. The van der Waals surface area contributed by atoms with Crippen molar-refractivity contribution in [1.29, 1.82) is 0 Å². The number of nitrogens with one attached hydrogen (secondary N) is 1. The molecule has 0 aromatic heterocycles. The Labute approximate surface area is 37.6 Å². The van der Waals surface area contributed by atoms with E-state index in [2.05, 4.69) is 4.53 Å². The maximum atomic E-state index is 9.39. The first-order valence-corrected chi connectivity index (χ1v) is 2.11. The highest BCUT2D eigenvalue weighted by atomic mass is 28.2. The second-order valence-corrected chi connectivity index (χ2v) is 1.02. The van der Waals surface area contributed by atoms with Gasteiger partial charge in [-0.05, 0) is 0 Å². The topological polar surface area (TPSA) is 58.6 Å². The molecule has 0 aromatic rings. The molecule has 6 heavy (non-hydrogen) atoms. The maximum absolute atomic E-state index is 9.39. The van der Waals surface area contributed by atoms with Crippen molar-refractivity contribution in [3.8, 4) is 0 Å². The molecule has 0 unspecified atom stereocenters. The van der Waals surface area contributed by atoms with Gasteiger partial charge in [-0.1, -0.05) is 0 Å². The Morgan fingerprint density at radius 2 is 2.50 bits per heavy atom. The first kappa shape index (κ1) is 5.45. The summed E-state index contributed by atoms with van der Waals surface area (Å²) in [5.74, 6) is 0. The fourth-order valence-electron chi connectivity index (χ4n) is 0.0873. The molecule has 2 N–H and O–H groups in total. The minimum Gasteiger partial charge on any atom is -0.464 e. The van der Waals surface area contributed by atoms with Gasteiger partial charge in [0.2, 0.25) is 0 Å². The van der Waals surface area contributed by atoms with E-state index in [0.29, 0.717) is 10.5 Å². The third kappa shape index (κ3) is 3.45. The lowest BCUT2D eigenvalue weighted by Crippen LogP contribution is -2.19. The molecule has 0 aliphatic rings. The molecule has 0 spiro atoms. The van der Waals surface area contributed by atoms with Gasteiger partial charge in [0.15, 0.2) is 10.5 Å². The highest BCUT2D eigenvalue weighted by Gasteiger charge is 1.83. The smallest absolute Gasteiger partial charge is 0.427 e. The van der Waals surface area contributed by atoms with Crippen molar-refractivity contribution in [2.45, 2.75) is 0 Å². The van der Waals surface area contributed by atoms with Crippen LogP contribution in [0.15, 0.2) is 0 Å². The Kier molecular flexibility index (Phi) is 2.43. The van der Waals surface area contributed by atoms with E-state index in [1.165, 1.54) is 0 Å². The first-order valence-electron chi connectivity index (χ1n) is 1.29. The Balaban J connectivity index is 2.83. The molecule has 0 bridgehead atoms. The predicted octanol–water partition coefficient (Wildman–Crippen LogP) is -1.53. The maximum Gasteiger partial charge on any atom is 0.427 e. The van der Waals surface area contributed by atoms with E-state index in [9.17, 15) is 4.79 Å². The Bertz CT molecular complexity index is 54.8. The molecular weight excluding hydrogens is 102 g/mol. The molecule has 1 amide bonds. The van der Waals surface area contributed by atoms with Crippen LogP contribution in [-0.4, -0.2) is 21.7 Å². The SMILES string of the molecule is O=C(O)NO[SiH3]. The summed E-state index contributed by atoms with van der Waals surface area (Å²) in [5, 5.41) is 7.70. The highest BCUT2D eigenvalue weighted by Crippen LogP contribution is 1.53. The molecule has 0 aliphatic carbocycles. The van der Waals surface area contributed by atoms with Crippen LogP contribution in [-0.2, 0) is 4.53 Å². The van der Waals surface area contributed by atoms with Gasteiger partial charge in [0.05, 0.1) is 0 Å². The van der Waals surface area contributed by atoms with Gasteiger partial charge >= 0.3 is 6.09 Å². The molecule has 0 fully saturated rings. The van der Waals surface area contributed by atoms with Crippen molar-refractivity contribution in [2.24, 2.45) is 0 Å². The van der Waals surface area contributed by atoms with E-state index in [1.807, 2.05) is 0 Å². The van der Waals surface area contributed by atoms with Crippen molar-refractivity contribution < 1.29 is 14.4 Å². The quantitative estimate of drug-likeness (QED) is 0.315. The number of hydrogen-bond donors (Lipinski definition) is 2. The minimum absolute atomic E-state index is 0.395. The number of amides is 1. The van der Waals surface area contributed by atoms with Crippen LogP contribution in [0.25, 0.3) is 0 Å². The van der Waals surface area contributed by atoms with Gasteiger partial charge in [0.1, 0.15) is 0 Å². The summed E-state index contributed by atoms with van der Waals surface area (Å²) in [5.41, 5.74) is 1.69. The number of hydrogen-bond acceptors (Lipinski definition) is 2. The van der Waals surface area contributed by atoms with E-state index in [4.69, 9.17) is 5.11 Å². The van der Waals surface area contributed by atoms with Gasteiger partial charge in [-0.25, -0.2) is 10.3 Å². The summed E-state index contributed by atoms with van der Waals surface area (Å²) in [6.45, 7) is 0. The van der Waals surface area contributed by atoms with Crippen LogP contribution in [0.3, 0.4) is 0 Å². The zero-order chi connectivity index (χ0) is 4.99. The van der Waals surface area contributed by atoms with Crippen LogP contribution in [0.2, 0.25) is 0 Å². The lowest BCUT2D eigenvalue weighted by Gasteiger charge is -1.89. The monoisotopic (exact) mass is 107 g/mol. The van der Waals surface area contributed by atoms with Crippen LogP contribution in [0, 0.1) is 0 Å². The first-order chi connectivity index (χ1) is 2.77. The van der Waals surface area contributed by atoms with Crippen LogP contribution in [0.1, 0.15) is 0 Å². The molecule has 0 heterocycles. The molecule has 0 saturated heterocycles. The van der Waals surface area contributed by atoms with Crippen molar-refractivity contribution in [1.82, 2.24) is 5.48 Å². The molecule has 4 nitrogen and oxygen atoms in total. The lowest BCUT2D eigenvalue weighted by molar-refractivity contribution is 0.142. The largest absolute Gasteiger partial charge is 0.464 e. The number of carboxylic acid groups (broad SMARTS) is 1. The van der Waals surface area contributed by atoms with Crippen LogP contribution < -0.4 is 5.48 Å². The minimum atomic E-state index is -1.15. The van der Waals surface area contributed by atoms with Crippen molar-refractivity contribution in [3.05, 3.63) is 0 Å². The van der Waals surface area contributed by atoms with Crippen LogP contribution in [0.4, 0.5) is 4.79 Å². The van der Waals surface area contributed by atoms with Gasteiger partial charge < -0.3 is 9.63 Å². The lowest BCUT2D eigenvalue weighted by atomic mass is 11.3. The van der Waals surface area contributed by atoms with Crippen molar-refractivity contribution >= 4 is 16.6 Å². The number of carbonyl (C=O) groups is 1. The Morgan fingerprint density at radius 1 is 2.00 bits per heavy atom. The third-order valence-corrected chi connectivity index (χ3v) is 0.393. The van der Waals surface area contributed by atoms with E-state index in [1.54, 1.807) is 5.48 Å². The van der Waals surface area contributed by atoms with Crippen molar-refractivity contribution in [2.75, 3.05) is 0 Å². The average Bonchev–Trinajstić information content (AvgIpc) is 1.35. The molecule has 36 valence electrons. The highest BCUT2D eigenvalue weighted by molar-refractivity contribution is 5.98. The molecule has 0 atom stereocenters. The third-order valence-electron chi connectivity index (χ3n) is 0.189. The van der Waals surface area contributed by atoms with Crippen LogP contribution >= 0.6 is 0 Å². The summed E-state index contributed by atoms with van der Waals surface area (Å²) in [6, 6.07) is 0. The summed E-state index contributed by atoms with van der Waals surface area (Å²) in [7, 11) is 0.395. The van der Waals surface area contributed by atoms with Gasteiger partial charge in [0.25, 0.3) is 0 Å². The van der Waals surface area contributed by atoms with E-state index >= 15 is 0 Å². The van der Waals surface area contributed by atoms with E-state index in [0.717, 1.165) is 0 Å². The molecular formula is CH5NO3Si. The number of hydroxylamine groups is 1. The molecule has 0 saturated carbocycles. The molecule has 0 aromatic carbocycles. The Hall–Kier alpha value is -0.553. The Morgan fingerprint density at radius 3 is 2.50 bits per heavy atom. The number of rotatable bonds is 1. The summed E-state index contributed by atoms with van der Waals surface area (Å²) in [4.78, 5) is 9.39. The fraction of sp³-hybridized carbons (Fsp3) is 0. The second-order valence-electron chi connectivity index (χ2n) is 0.611. The standard InChI is InChI=1S/CH5NO3Si/c3-1(4)2-5-6/h2H,6H3,(H,3,4). The van der Waals surface area contributed by atoms with Gasteiger partial charge in [-0.2, -0.15) is 0 Å². The molecule has 0 aliphatic heterocycles. The molecule has 0 rings (SSSR count). The molecule has 5 heteroatoms. The zero-order valence-corrected chi connectivity index (χ0v) is 5.26. The average molecular weight is 107 g/mol. The van der Waals surface area contributed by atoms with Crippen LogP contribution in [0.5, 0.6) is 0 Å². The fourth-order valence-corrected chi connectivity index (χ4v) is 0.262. The van der Waals surface area contributed by atoms with Gasteiger partial charge in [-0.15, -0.1) is 0 Å². The molecule has 0 radical (unpaired) electrons. The van der Waals surface area contributed by atoms with Gasteiger partial charge in [0, 0.05) is 0 Å². The van der Waals surface area contributed by atoms with E-state index < -0.39 is 6.09 Å². The summed E-state index contributed by atoms with van der Waals surface area (Å²) >= 11 is 0. The second kappa shape index (κ2) is 2.67.